The molecular formula is C12H15NO2S. The predicted molar refractivity (Wildman–Crippen MR) is 65.0 cm³/mol. The zero-order chi connectivity index (χ0) is 11.2. The van der Waals surface area contributed by atoms with Gasteiger partial charge in [0.25, 0.3) is 0 Å². The third-order valence-electron chi connectivity index (χ3n) is 2.34. The first-order chi connectivity index (χ1) is 7.90. The van der Waals surface area contributed by atoms with Gasteiger partial charge in [0, 0.05) is 19.5 Å². The van der Waals surface area contributed by atoms with E-state index in [2.05, 4.69) is 5.32 Å². The number of ether oxygens (including phenoxy) is 1. The Balaban J connectivity index is 1.72. The highest BCUT2D eigenvalue weighted by Gasteiger charge is 2.03. The highest BCUT2D eigenvalue weighted by atomic mass is 32.1. The molecule has 3 nitrogen and oxygen atoms in total. The molecule has 0 saturated carbocycles. The van der Waals surface area contributed by atoms with Gasteiger partial charge in [-0.15, -0.1) is 11.3 Å². The first-order valence-corrected chi connectivity index (χ1v) is 6.11. The van der Waals surface area contributed by atoms with Gasteiger partial charge in [0.05, 0.1) is 18.3 Å². The van der Waals surface area contributed by atoms with Gasteiger partial charge in [-0.1, -0.05) is 0 Å². The Hall–Kier alpha value is -1.26. The highest BCUT2D eigenvalue weighted by molar-refractivity contribution is 7.10. The number of methoxy groups -OCH3 is 1. The van der Waals surface area contributed by atoms with Crippen LogP contribution in [-0.2, 0) is 13.0 Å². The fourth-order valence-electron chi connectivity index (χ4n) is 1.51. The van der Waals surface area contributed by atoms with Crippen molar-refractivity contribution in [1.82, 2.24) is 5.32 Å². The average Bonchev–Trinajstić information content (AvgIpc) is 2.95. The maximum absolute atomic E-state index is 5.25. The summed E-state index contributed by atoms with van der Waals surface area (Å²) in [7, 11) is 1.70. The van der Waals surface area contributed by atoms with Gasteiger partial charge in [-0.3, -0.25) is 0 Å². The molecule has 0 aliphatic rings. The number of hydrogen-bond donors (Lipinski definition) is 1. The van der Waals surface area contributed by atoms with Crippen LogP contribution in [0.4, 0.5) is 0 Å². The van der Waals surface area contributed by atoms with Crippen LogP contribution in [0.15, 0.2) is 34.3 Å². The Morgan fingerprint density at radius 2 is 2.38 bits per heavy atom. The van der Waals surface area contributed by atoms with Gasteiger partial charge in [0.15, 0.2) is 0 Å². The van der Waals surface area contributed by atoms with E-state index in [9.17, 15) is 0 Å². The van der Waals surface area contributed by atoms with Crippen LogP contribution in [0.1, 0.15) is 10.6 Å². The van der Waals surface area contributed by atoms with Crippen LogP contribution in [0.5, 0.6) is 5.75 Å². The Labute approximate surface area is 99.0 Å². The van der Waals surface area contributed by atoms with Crippen LogP contribution in [-0.4, -0.2) is 13.7 Å². The topological polar surface area (TPSA) is 34.4 Å². The van der Waals surface area contributed by atoms with Gasteiger partial charge in [0.2, 0.25) is 0 Å². The van der Waals surface area contributed by atoms with E-state index in [1.165, 1.54) is 4.88 Å². The van der Waals surface area contributed by atoms with E-state index in [4.69, 9.17) is 9.15 Å². The lowest BCUT2D eigenvalue weighted by molar-refractivity contribution is 0.410. The molecule has 2 heterocycles. The maximum atomic E-state index is 5.25. The van der Waals surface area contributed by atoms with Gasteiger partial charge >= 0.3 is 0 Å². The molecule has 0 amide bonds. The van der Waals surface area contributed by atoms with E-state index in [1.807, 2.05) is 23.6 Å². The first-order valence-electron chi connectivity index (χ1n) is 5.23. The number of hydrogen-bond acceptors (Lipinski definition) is 4. The Morgan fingerprint density at radius 3 is 3.12 bits per heavy atom. The smallest absolute Gasteiger partial charge is 0.134 e. The molecule has 4 heteroatoms. The van der Waals surface area contributed by atoms with Crippen molar-refractivity contribution in [2.24, 2.45) is 0 Å². The molecular weight excluding hydrogens is 222 g/mol. The predicted octanol–water partition coefficient (Wildman–Crippen LogP) is 2.68. The van der Waals surface area contributed by atoms with Crippen molar-refractivity contribution in [3.8, 4) is 5.75 Å². The van der Waals surface area contributed by atoms with Crippen LogP contribution >= 0.6 is 11.3 Å². The van der Waals surface area contributed by atoms with Gasteiger partial charge < -0.3 is 14.5 Å². The third-order valence-corrected chi connectivity index (χ3v) is 3.24. The average molecular weight is 237 g/mol. The van der Waals surface area contributed by atoms with Crippen molar-refractivity contribution >= 4 is 11.3 Å². The molecule has 0 bridgehead atoms. The van der Waals surface area contributed by atoms with E-state index in [1.54, 1.807) is 24.7 Å². The van der Waals surface area contributed by atoms with Crippen LogP contribution < -0.4 is 10.1 Å². The van der Waals surface area contributed by atoms with E-state index >= 15 is 0 Å². The third kappa shape index (κ3) is 2.87. The molecule has 0 aliphatic carbocycles. The zero-order valence-corrected chi connectivity index (χ0v) is 10.0. The Bertz CT molecular complexity index is 408. The van der Waals surface area contributed by atoms with Gasteiger partial charge in [-0.05, 0) is 23.6 Å². The second kappa shape index (κ2) is 5.72. The van der Waals surface area contributed by atoms with E-state index in [0.717, 1.165) is 31.0 Å². The monoisotopic (exact) mass is 237 g/mol. The van der Waals surface area contributed by atoms with Crippen molar-refractivity contribution in [3.63, 3.8) is 0 Å². The molecule has 0 fully saturated rings. The molecule has 16 heavy (non-hydrogen) atoms. The minimum Gasteiger partial charge on any atom is -0.496 e. The van der Waals surface area contributed by atoms with Gasteiger partial charge in [-0.2, -0.15) is 0 Å². The molecule has 2 rings (SSSR count). The van der Waals surface area contributed by atoms with Crippen molar-refractivity contribution < 1.29 is 9.15 Å². The molecule has 0 spiro atoms. The van der Waals surface area contributed by atoms with Crippen LogP contribution in [0, 0.1) is 0 Å². The van der Waals surface area contributed by atoms with Crippen molar-refractivity contribution in [2.75, 3.05) is 13.7 Å². The summed E-state index contributed by atoms with van der Waals surface area (Å²) < 4.78 is 10.5. The van der Waals surface area contributed by atoms with Gasteiger partial charge in [0.1, 0.15) is 11.5 Å². The number of furan rings is 1. The van der Waals surface area contributed by atoms with E-state index in [0.29, 0.717) is 0 Å². The number of rotatable bonds is 6. The SMILES string of the molecule is COc1ccsc1CNCCc1ccco1. The molecule has 1 N–H and O–H groups in total. The lowest BCUT2D eigenvalue weighted by Gasteiger charge is -2.04. The second-order valence-electron chi connectivity index (χ2n) is 3.42. The van der Waals surface area contributed by atoms with E-state index in [-0.39, 0.29) is 0 Å². The molecule has 0 saturated heterocycles. The minimum atomic E-state index is 0.849. The molecule has 86 valence electrons. The van der Waals surface area contributed by atoms with Crippen molar-refractivity contribution in [1.29, 1.82) is 0 Å². The number of nitrogens with one attached hydrogen (secondary N) is 1. The minimum absolute atomic E-state index is 0.849. The summed E-state index contributed by atoms with van der Waals surface area (Å²) in [6, 6.07) is 5.90. The fraction of sp³-hybridized carbons (Fsp3) is 0.333. The van der Waals surface area contributed by atoms with Crippen molar-refractivity contribution in [3.05, 3.63) is 40.5 Å². The second-order valence-corrected chi connectivity index (χ2v) is 4.42. The molecule has 0 unspecified atom stereocenters. The number of thiophene rings is 1. The van der Waals surface area contributed by atoms with E-state index < -0.39 is 0 Å². The first kappa shape index (κ1) is 11.2. The standard InChI is InChI=1S/C12H15NO2S/c1-14-11-5-8-16-12(11)9-13-6-4-10-3-2-7-15-10/h2-3,5,7-8,13H,4,6,9H2,1H3. The summed E-state index contributed by atoms with van der Waals surface area (Å²) in [5, 5.41) is 5.42. The fourth-order valence-corrected chi connectivity index (χ4v) is 2.32. The Kier molecular flexibility index (Phi) is 4.02. The Morgan fingerprint density at radius 1 is 1.44 bits per heavy atom. The molecule has 0 radical (unpaired) electrons. The summed E-state index contributed by atoms with van der Waals surface area (Å²) in [5.41, 5.74) is 0. The molecule has 2 aromatic heterocycles. The summed E-state index contributed by atoms with van der Waals surface area (Å²) >= 11 is 1.71. The highest BCUT2D eigenvalue weighted by Crippen LogP contribution is 2.23. The normalized spacial score (nSPS) is 10.6. The molecule has 0 atom stereocenters. The van der Waals surface area contributed by atoms with Crippen LogP contribution in [0.25, 0.3) is 0 Å². The lowest BCUT2D eigenvalue weighted by Crippen LogP contribution is -2.16. The summed E-state index contributed by atoms with van der Waals surface area (Å²) in [5.74, 6) is 1.99. The summed E-state index contributed by atoms with van der Waals surface area (Å²) in [6.07, 6.45) is 2.62. The zero-order valence-electron chi connectivity index (χ0n) is 9.23. The maximum Gasteiger partial charge on any atom is 0.134 e. The summed E-state index contributed by atoms with van der Waals surface area (Å²) in [4.78, 5) is 1.24. The van der Waals surface area contributed by atoms with Crippen molar-refractivity contribution in [2.45, 2.75) is 13.0 Å². The molecule has 0 aliphatic heterocycles. The molecule has 0 aromatic carbocycles. The lowest BCUT2D eigenvalue weighted by atomic mass is 10.3. The van der Waals surface area contributed by atoms with Crippen LogP contribution in [0.3, 0.4) is 0 Å². The molecule has 2 aromatic rings. The summed E-state index contributed by atoms with van der Waals surface area (Å²) in [6.45, 7) is 1.76. The largest absolute Gasteiger partial charge is 0.496 e. The van der Waals surface area contributed by atoms with Crippen LogP contribution in [0.2, 0.25) is 0 Å². The van der Waals surface area contributed by atoms with Gasteiger partial charge in [-0.25, -0.2) is 0 Å². The quantitative estimate of drug-likeness (QED) is 0.784.